The number of benzene rings is 2. The molecule has 142 valence electrons. The molecule has 28 heavy (non-hydrogen) atoms. The molecule has 2 aromatic carbocycles. The Bertz CT molecular complexity index is 1040. The fourth-order valence-electron chi connectivity index (χ4n) is 3.03. The Kier molecular flexibility index (Phi) is 5.02. The monoisotopic (exact) mass is 383 g/mol. The average molecular weight is 383 g/mol. The predicted molar refractivity (Wildman–Crippen MR) is 102 cm³/mol. The zero-order valence-corrected chi connectivity index (χ0v) is 14.9. The number of nitrogens with zero attached hydrogens (tertiary/aromatic N) is 1. The number of aliphatic hydroxyl groups is 1. The number of carbonyl (C=O) groups is 2. The van der Waals surface area contributed by atoms with E-state index in [0.29, 0.717) is 11.8 Å². The van der Waals surface area contributed by atoms with Gasteiger partial charge >= 0.3 is 5.91 Å². The standard InChI is InChI=1S/C21H16F2N2O3/c1-25(15-5-2-13(3-6-15)10-11-26)19(27)9-8-17(21(25)24)20(28)16-7-4-14(22)12-18(16)23/h2-9,11-12H,10H2,1H3,(H-,24,27,28)/p+1. The maximum absolute atomic E-state index is 14.1. The van der Waals surface area contributed by atoms with Gasteiger partial charge in [-0.05, 0) is 23.8 Å². The van der Waals surface area contributed by atoms with Crippen molar-refractivity contribution in [2.75, 3.05) is 7.05 Å². The van der Waals surface area contributed by atoms with Gasteiger partial charge in [-0.2, -0.15) is 4.48 Å². The number of aliphatic hydroxyl groups excluding tert-OH is 1. The molecule has 2 aromatic rings. The van der Waals surface area contributed by atoms with Crippen molar-refractivity contribution in [3.63, 3.8) is 0 Å². The van der Waals surface area contributed by atoms with Crippen LogP contribution in [0.5, 0.6) is 0 Å². The summed E-state index contributed by atoms with van der Waals surface area (Å²) in [5.74, 6) is -3.02. The minimum absolute atomic E-state index is 0.0513. The van der Waals surface area contributed by atoms with Crippen molar-refractivity contribution in [2.24, 2.45) is 0 Å². The van der Waals surface area contributed by atoms with Crippen LogP contribution in [-0.4, -0.2) is 30.2 Å². The molecule has 1 unspecified atom stereocenters. The van der Waals surface area contributed by atoms with Crippen molar-refractivity contribution in [1.29, 1.82) is 5.41 Å². The molecule has 1 atom stereocenters. The number of halogens is 2. The predicted octanol–water partition coefficient (Wildman–Crippen LogP) is 3.69. The van der Waals surface area contributed by atoms with Crippen LogP contribution in [0.2, 0.25) is 0 Å². The number of hydrogen-bond acceptors (Lipinski definition) is 4. The molecule has 7 heteroatoms. The molecule has 0 spiro atoms. The minimum atomic E-state index is -0.976. The molecule has 0 aromatic heterocycles. The van der Waals surface area contributed by atoms with Gasteiger partial charge in [0.2, 0.25) is 5.84 Å². The van der Waals surface area contributed by atoms with Crippen molar-refractivity contribution in [2.45, 2.75) is 6.42 Å². The number of rotatable bonds is 4. The maximum atomic E-state index is 14.1. The number of nitrogens with one attached hydrogen (secondary N) is 1. The Labute approximate surface area is 159 Å². The van der Waals surface area contributed by atoms with Gasteiger partial charge in [0.1, 0.15) is 29.4 Å². The Balaban J connectivity index is 2.10. The van der Waals surface area contributed by atoms with E-state index in [1.54, 1.807) is 24.3 Å². The summed E-state index contributed by atoms with van der Waals surface area (Å²) in [6.07, 6.45) is 3.43. The summed E-state index contributed by atoms with van der Waals surface area (Å²) >= 11 is 0. The molecule has 3 rings (SSSR count). The lowest BCUT2D eigenvalue weighted by atomic mass is 10.00. The zero-order chi connectivity index (χ0) is 20.5. The van der Waals surface area contributed by atoms with E-state index in [2.05, 4.69) is 0 Å². The lowest BCUT2D eigenvalue weighted by Gasteiger charge is -2.32. The fourth-order valence-corrected chi connectivity index (χ4v) is 3.03. The van der Waals surface area contributed by atoms with E-state index < -0.39 is 27.8 Å². The highest BCUT2D eigenvalue weighted by molar-refractivity contribution is 6.25. The SMILES string of the molecule is C[N+]1(c2ccc(CC=O)cc2)C(=N)/C(=C(\O)c2ccc(F)cc2F)C=CC1=O. The number of quaternary nitrogens is 1. The van der Waals surface area contributed by atoms with Crippen LogP contribution < -0.4 is 4.48 Å². The summed E-state index contributed by atoms with van der Waals surface area (Å²) in [5.41, 5.74) is 0.875. The first-order valence-electron chi connectivity index (χ1n) is 8.39. The van der Waals surface area contributed by atoms with Gasteiger partial charge in [-0.1, -0.05) is 12.1 Å². The molecule has 1 aliphatic heterocycles. The Hall–Kier alpha value is -3.45. The van der Waals surface area contributed by atoms with Gasteiger partial charge in [0.05, 0.1) is 18.2 Å². The summed E-state index contributed by atoms with van der Waals surface area (Å²) in [5, 5.41) is 19.1. The number of hydrogen-bond donors (Lipinski definition) is 2. The highest BCUT2D eigenvalue weighted by atomic mass is 19.1. The van der Waals surface area contributed by atoms with Crippen molar-refractivity contribution in [1.82, 2.24) is 4.48 Å². The van der Waals surface area contributed by atoms with Crippen molar-refractivity contribution < 1.29 is 23.5 Å². The molecule has 0 radical (unpaired) electrons. The third-order valence-electron chi connectivity index (χ3n) is 4.75. The van der Waals surface area contributed by atoms with Gasteiger partial charge < -0.3 is 9.90 Å². The lowest BCUT2D eigenvalue weighted by Crippen LogP contribution is -2.56. The van der Waals surface area contributed by atoms with E-state index in [4.69, 9.17) is 5.41 Å². The second kappa shape index (κ2) is 7.28. The van der Waals surface area contributed by atoms with E-state index in [1.165, 1.54) is 19.2 Å². The van der Waals surface area contributed by atoms with Gasteiger partial charge in [0.15, 0.2) is 0 Å². The quantitative estimate of drug-likeness (QED) is 0.480. The first-order chi connectivity index (χ1) is 13.3. The molecule has 5 nitrogen and oxygen atoms in total. The molecule has 0 aliphatic carbocycles. The summed E-state index contributed by atoms with van der Waals surface area (Å²) in [6.45, 7) is 0. The van der Waals surface area contributed by atoms with Crippen molar-refractivity contribution in [3.8, 4) is 0 Å². The number of amides is 1. The van der Waals surface area contributed by atoms with Crippen LogP contribution in [0.25, 0.3) is 5.76 Å². The molecule has 0 saturated heterocycles. The van der Waals surface area contributed by atoms with Crippen LogP contribution in [0.3, 0.4) is 0 Å². The second-order valence-corrected chi connectivity index (χ2v) is 6.45. The van der Waals surface area contributed by atoms with Crippen molar-refractivity contribution in [3.05, 3.63) is 83.0 Å². The highest BCUT2D eigenvalue weighted by Gasteiger charge is 2.43. The molecular weight excluding hydrogens is 366 g/mol. The van der Waals surface area contributed by atoms with Gasteiger partial charge in [-0.15, -0.1) is 0 Å². The third-order valence-corrected chi connectivity index (χ3v) is 4.75. The van der Waals surface area contributed by atoms with Crippen LogP contribution in [-0.2, 0) is 16.0 Å². The fraction of sp³-hybridized carbons (Fsp3) is 0.0952. The summed E-state index contributed by atoms with van der Waals surface area (Å²) in [6, 6.07) is 9.30. The molecule has 1 aliphatic rings. The van der Waals surface area contributed by atoms with Crippen LogP contribution in [0.1, 0.15) is 11.1 Å². The highest BCUT2D eigenvalue weighted by Crippen LogP contribution is 2.32. The molecule has 1 heterocycles. The van der Waals surface area contributed by atoms with Gasteiger partial charge in [-0.3, -0.25) is 0 Å². The molecule has 2 N–H and O–H groups in total. The molecule has 0 fully saturated rings. The molecular formula is C21H17F2N2O3+. The lowest BCUT2D eigenvalue weighted by molar-refractivity contribution is -0.121. The van der Waals surface area contributed by atoms with E-state index >= 15 is 0 Å². The molecule has 0 saturated carbocycles. The van der Waals surface area contributed by atoms with E-state index in [0.717, 1.165) is 24.0 Å². The van der Waals surface area contributed by atoms with Crippen LogP contribution in [0, 0.1) is 17.0 Å². The summed E-state index contributed by atoms with van der Waals surface area (Å²) < 4.78 is 26.6. The Morgan fingerprint density at radius 3 is 2.43 bits per heavy atom. The Morgan fingerprint density at radius 2 is 1.82 bits per heavy atom. The largest absolute Gasteiger partial charge is 0.506 e. The van der Waals surface area contributed by atoms with Gasteiger partial charge in [0.25, 0.3) is 0 Å². The first kappa shape index (κ1) is 19.3. The topological polar surface area (TPSA) is 78.2 Å². The number of likely N-dealkylation sites (N-methyl/N-ethyl adjacent to an activating group) is 1. The summed E-state index contributed by atoms with van der Waals surface area (Å²) in [4.78, 5) is 23.3. The van der Waals surface area contributed by atoms with Crippen LogP contribution in [0.4, 0.5) is 14.5 Å². The second-order valence-electron chi connectivity index (χ2n) is 6.45. The number of aldehydes is 1. The average Bonchev–Trinajstić information content (AvgIpc) is 2.67. The summed E-state index contributed by atoms with van der Waals surface area (Å²) in [7, 11) is 1.48. The van der Waals surface area contributed by atoms with Crippen molar-refractivity contribution >= 4 is 29.5 Å². The maximum Gasteiger partial charge on any atom is 0.349 e. The van der Waals surface area contributed by atoms with E-state index in [1.807, 2.05) is 0 Å². The van der Waals surface area contributed by atoms with Crippen LogP contribution >= 0.6 is 0 Å². The van der Waals surface area contributed by atoms with Crippen LogP contribution in [0.15, 0.2) is 60.2 Å². The molecule has 0 bridgehead atoms. The van der Waals surface area contributed by atoms with Gasteiger partial charge in [-0.25, -0.2) is 19.0 Å². The van der Waals surface area contributed by atoms with E-state index in [-0.39, 0.29) is 23.4 Å². The molecule has 1 amide bonds. The van der Waals surface area contributed by atoms with Gasteiger partial charge in [0, 0.05) is 30.7 Å². The zero-order valence-electron chi connectivity index (χ0n) is 14.9. The number of amidine groups is 1. The van der Waals surface area contributed by atoms with E-state index in [9.17, 15) is 23.5 Å². The normalized spacial score (nSPS) is 21.0. The Morgan fingerprint density at radius 1 is 1.14 bits per heavy atom. The number of carbonyl (C=O) groups excluding carboxylic acids is 2. The first-order valence-corrected chi connectivity index (χ1v) is 8.39. The third kappa shape index (κ3) is 3.16. The smallest absolute Gasteiger partial charge is 0.349 e. The minimum Gasteiger partial charge on any atom is -0.506 e.